The number of benzene rings is 1. The number of likely N-dealkylation sites (N-methyl/N-ethyl adjacent to an activating group) is 1. The Labute approximate surface area is 117 Å². The molecule has 0 aromatic heterocycles. The first-order valence-electron chi connectivity index (χ1n) is 6.89. The lowest BCUT2D eigenvalue weighted by atomic mass is 9.95. The van der Waals surface area contributed by atoms with Crippen molar-refractivity contribution in [3.8, 4) is 0 Å². The minimum absolute atomic E-state index is 0.423. The van der Waals surface area contributed by atoms with Gasteiger partial charge in [-0.1, -0.05) is 17.7 Å². The summed E-state index contributed by atoms with van der Waals surface area (Å²) < 4.78 is 5.04. The van der Waals surface area contributed by atoms with Crippen LogP contribution in [0.15, 0.2) is 12.1 Å². The Bertz CT molecular complexity index is 381. The number of rotatable bonds is 7. The van der Waals surface area contributed by atoms with Crippen LogP contribution in [0.3, 0.4) is 0 Å². The molecule has 0 fully saturated rings. The highest BCUT2D eigenvalue weighted by Gasteiger charge is 2.15. The summed E-state index contributed by atoms with van der Waals surface area (Å²) in [6, 6.07) is 4.27. The van der Waals surface area contributed by atoms with Gasteiger partial charge in [0.2, 0.25) is 0 Å². The van der Waals surface area contributed by atoms with E-state index in [1.807, 2.05) is 7.05 Å². The van der Waals surface area contributed by atoms with Gasteiger partial charge in [0.25, 0.3) is 0 Å². The summed E-state index contributed by atoms with van der Waals surface area (Å²) in [5, 5.41) is 10.4. The van der Waals surface area contributed by atoms with Crippen LogP contribution in [0.2, 0.25) is 0 Å². The molecule has 0 saturated carbocycles. The van der Waals surface area contributed by atoms with Crippen molar-refractivity contribution >= 4 is 0 Å². The molecular weight excluding hydrogens is 238 g/mol. The summed E-state index contributed by atoms with van der Waals surface area (Å²) in [5.41, 5.74) is 4.68. The largest absolute Gasteiger partial charge is 0.387 e. The van der Waals surface area contributed by atoms with Crippen LogP contribution in [0, 0.1) is 20.8 Å². The molecule has 108 valence electrons. The Kier molecular flexibility index (Phi) is 6.49. The first-order valence-corrected chi connectivity index (χ1v) is 6.89. The van der Waals surface area contributed by atoms with Gasteiger partial charge < -0.3 is 14.7 Å². The standard InChI is InChI=1S/C16H27NO2/c1-12-9-13(2)16(14(3)10-12)15(18)11-17(4)7-6-8-19-5/h9-10,15,18H,6-8,11H2,1-5H3. The fourth-order valence-corrected chi connectivity index (χ4v) is 2.67. The molecular formula is C16H27NO2. The van der Waals surface area contributed by atoms with Crippen LogP contribution in [0.5, 0.6) is 0 Å². The van der Waals surface area contributed by atoms with Crippen molar-refractivity contribution in [2.24, 2.45) is 0 Å². The highest BCUT2D eigenvalue weighted by Crippen LogP contribution is 2.24. The molecule has 0 saturated heterocycles. The molecule has 0 aliphatic heterocycles. The van der Waals surface area contributed by atoms with E-state index in [9.17, 15) is 5.11 Å². The Hall–Kier alpha value is -0.900. The van der Waals surface area contributed by atoms with Crippen molar-refractivity contribution in [3.63, 3.8) is 0 Å². The van der Waals surface area contributed by atoms with E-state index in [0.717, 1.165) is 25.1 Å². The van der Waals surface area contributed by atoms with E-state index in [1.165, 1.54) is 16.7 Å². The third-order valence-corrected chi connectivity index (χ3v) is 3.44. The molecule has 1 N–H and O–H groups in total. The molecule has 3 nitrogen and oxygen atoms in total. The van der Waals surface area contributed by atoms with Gasteiger partial charge in [-0.3, -0.25) is 0 Å². The second-order valence-electron chi connectivity index (χ2n) is 5.44. The zero-order valence-corrected chi connectivity index (χ0v) is 12.9. The smallest absolute Gasteiger partial charge is 0.0921 e. The molecule has 0 heterocycles. The number of aliphatic hydroxyl groups is 1. The molecule has 0 aliphatic carbocycles. The van der Waals surface area contributed by atoms with Gasteiger partial charge in [0.1, 0.15) is 0 Å². The lowest BCUT2D eigenvalue weighted by Gasteiger charge is -2.23. The second-order valence-corrected chi connectivity index (χ2v) is 5.44. The van der Waals surface area contributed by atoms with Crippen molar-refractivity contribution in [1.82, 2.24) is 4.90 Å². The summed E-state index contributed by atoms with van der Waals surface area (Å²) >= 11 is 0. The summed E-state index contributed by atoms with van der Waals surface area (Å²) in [7, 11) is 3.76. The Morgan fingerprint density at radius 1 is 1.21 bits per heavy atom. The van der Waals surface area contributed by atoms with Gasteiger partial charge in [-0.2, -0.15) is 0 Å². The van der Waals surface area contributed by atoms with E-state index < -0.39 is 6.10 Å². The summed E-state index contributed by atoms with van der Waals surface area (Å²) in [6.45, 7) is 8.60. The third-order valence-electron chi connectivity index (χ3n) is 3.44. The van der Waals surface area contributed by atoms with Gasteiger partial charge in [-0.25, -0.2) is 0 Å². The summed E-state index contributed by atoms with van der Waals surface area (Å²) in [6.07, 6.45) is 0.569. The van der Waals surface area contributed by atoms with Crippen LogP contribution in [-0.4, -0.2) is 43.9 Å². The van der Waals surface area contributed by atoms with Crippen molar-refractivity contribution in [3.05, 3.63) is 34.4 Å². The number of hydrogen-bond donors (Lipinski definition) is 1. The average molecular weight is 265 g/mol. The monoisotopic (exact) mass is 265 g/mol. The van der Waals surface area contributed by atoms with E-state index in [-0.39, 0.29) is 0 Å². The first kappa shape index (κ1) is 16.2. The number of hydrogen-bond acceptors (Lipinski definition) is 3. The molecule has 3 heteroatoms. The highest BCUT2D eigenvalue weighted by molar-refractivity contribution is 5.39. The number of methoxy groups -OCH3 is 1. The zero-order chi connectivity index (χ0) is 14.4. The second kappa shape index (κ2) is 7.63. The fourth-order valence-electron chi connectivity index (χ4n) is 2.67. The molecule has 0 radical (unpaired) electrons. The van der Waals surface area contributed by atoms with Crippen LogP contribution in [0.25, 0.3) is 0 Å². The highest BCUT2D eigenvalue weighted by atomic mass is 16.5. The summed E-state index contributed by atoms with van der Waals surface area (Å²) in [5.74, 6) is 0. The summed E-state index contributed by atoms with van der Waals surface area (Å²) in [4.78, 5) is 2.16. The van der Waals surface area contributed by atoms with Crippen molar-refractivity contribution in [2.45, 2.75) is 33.3 Å². The SMILES string of the molecule is COCCCN(C)CC(O)c1c(C)cc(C)cc1C. The molecule has 1 rings (SSSR count). The van der Waals surface area contributed by atoms with Gasteiger partial charge in [-0.05, 0) is 50.9 Å². The topological polar surface area (TPSA) is 32.7 Å². The molecule has 0 aliphatic rings. The average Bonchev–Trinajstić information content (AvgIpc) is 2.27. The Morgan fingerprint density at radius 2 is 1.79 bits per heavy atom. The number of aliphatic hydroxyl groups excluding tert-OH is 1. The van der Waals surface area contributed by atoms with Crippen LogP contribution in [0.4, 0.5) is 0 Å². The quantitative estimate of drug-likeness (QED) is 0.769. The molecule has 0 amide bonds. The molecule has 1 atom stereocenters. The van der Waals surface area contributed by atoms with E-state index in [2.05, 4.69) is 37.8 Å². The minimum atomic E-state index is -0.423. The van der Waals surface area contributed by atoms with E-state index in [0.29, 0.717) is 6.54 Å². The van der Waals surface area contributed by atoms with Gasteiger partial charge in [0.15, 0.2) is 0 Å². The molecule has 1 unspecified atom stereocenters. The normalized spacial score (nSPS) is 13.0. The van der Waals surface area contributed by atoms with Gasteiger partial charge >= 0.3 is 0 Å². The minimum Gasteiger partial charge on any atom is -0.387 e. The lowest BCUT2D eigenvalue weighted by molar-refractivity contribution is 0.116. The van der Waals surface area contributed by atoms with Crippen molar-refractivity contribution < 1.29 is 9.84 Å². The number of ether oxygens (including phenoxy) is 1. The lowest BCUT2D eigenvalue weighted by Crippen LogP contribution is -2.27. The van der Waals surface area contributed by atoms with Crippen molar-refractivity contribution in [2.75, 3.05) is 33.9 Å². The van der Waals surface area contributed by atoms with Gasteiger partial charge in [0, 0.05) is 26.8 Å². The van der Waals surface area contributed by atoms with E-state index in [1.54, 1.807) is 7.11 Å². The van der Waals surface area contributed by atoms with E-state index >= 15 is 0 Å². The first-order chi connectivity index (χ1) is 8.95. The maximum Gasteiger partial charge on any atom is 0.0921 e. The Balaban J connectivity index is 2.65. The van der Waals surface area contributed by atoms with Crippen molar-refractivity contribution in [1.29, 1.82) is 0 Å². The molecule has 1 aromatic rings. The number of nitrogens with zero attached hydrogens (tertiary/aromatic N) is 1. The van der Waals surface area contributed by atoms with E-state index in [4.69, 9.17) is 4.74 Å². The third kappa shape index (κ3) is 4.94. The van der Waals surface area contributed by atoms with Gasteiger partial charge in [0.05, 0.1) is 6.10 Å². The van der Waals surface area contributed by atoms with Gasteiger partial charge in [-0.15, -0.1) is 0 Å². The fraction of sp³-hybridized carbons (Fsp3) is 0.625. The molecule has 19 heavy (non-hydrogen) atoms. The maximum atomic E-state index is 10.4. The van der Waals surface area contributed by atoms with Crippen LogP contribution < -0.4 is 0 Å². The predicted octanol–water partition coefficient (Wildman–Crippen LogP) is 2.61. The predicted molar refractivity (Wildman–Crippen MR) is 79.6 cm³/mol. The molecule has 0 bridgehead atoms. The number of aryl methyl sites for hydroxylation is 3. The van der Waals surface area contributed by atoms with Crippen LogP contribution >= 0.6 is 0 Å². The maximum absolute atomic E-state index is 10.4. The van der Waals surface area contributed by atoms with Crippen LogP contribution in [0.1, 0.15) is 34.8 Å². The molecule has 0 spiro atoms. The van der Waals surface area contributed by atoms with Crippen LogP contribution in [-0.2, 0) is 4.74 Å². The molecule has 1 aromatic carbocycles. The Morgan fingerprint density at radius 3 is 2.32 bits per heavy atom. The zero-order valence-electron chi connectivity index (χ0n) is 12.9.